The van der Waals surface area contributed by atoms with Gasteiger partial charge in [-0.2, -0.15) is 5.10 Å². The third kappa shape index (κ3) is 3.85. The van der Waals surface area contributed by atoms with Crippen molar-refractivity contribution in [1.82, 2.24) is 20.4 Å². The van der Waals surface area contributed by atoms with E-state index in [4.69, 9.17) is 0 Å². The number of nitrogens with one attached hydrogen (secondary N) is 2. The molecule has 0 aliphatic heterocycles. The lowest BCUT2D eigenvalue weighted by Gasteiger charge is -2.05. The van der Waals surface area contributed by atoms with Crippen LogP contribution < -0.4 is 10.6 Å². The van der Waals surface area contributed by atoms with Crippen LogP contribution in [0, 0.1) is 5.92 Å². The average Bonchev–Trinajstić information content (AvgIpc) is 3.09. The van der Waals surface area contributed by atoms with Crippen molar-refractivity contribution in [3.63, 3.8) is 0 Å². The van der Waals surface area contributed by atoms with Gasteiger partial charge in [-0.25, -0.2) is 0 Å². The lowest BCUT2D eigenvalue weighted by atomic mass is 10.3. The van der Waals surface area contributed by atoms with E-state index in [2.05, 4.69) is 22.7 Å². The van der Waals surface area contributed by atoms with Crippen LogP contribution in [-0.2, 0) is 17.9 Å². The second kappa shape index (κ2) is 5.82. The first-order valence-corrected chi connectivity index (χ1v) is 6.29. The molecule has 0 unspecified atom stereocenters. The zero-order valence-corrected chi connectivity index (χ0v) is 10.3. The van der Waals surface area contributed by atoms with E-state index in [9.17, 15) is 4.79 Å². The van der Waals surface area contributed by atoms with Crippen LogP contribution in [0.15, 0.2) is 12.4 Å². The lowest BCUT2D eigenvalue weighted by Crippen LogP contribution is -2.32. The summed E-state index contributed by atoms with van der Waals surface area (Å²) in [4.78, 5) is 11.3. The number of amides is 1. The first-order chi connectivity index (χ1) is 8.29. The van der Waals surface area contributed by atoms with Crippen molar-refractivity contribution in [3.05, 3.63) is 18.0 Å². The predicted octanol–water partition coefficient (Wildman–Crippen LogP) is 0.519. The van der Waals surface area contributed by atoms with E-state index in [1.165, 1.54) is 5.56 Å². The summed E-state index contributed by atoms with van der Waals surface area (Å²) in [5, 5.41) is 10.4. The van der Waals surface area contributed by atoms with Gasteiger partial charge in [0, 0.05) is 43.9 Å². The summed E-state index contributed by atoms with van der Waals surface area (Å²) in [6.07, 6.45) is 6.04. The molecule has 1 aromatic rings. The van der Waals surface area contributed by atoms with Gasteiger partial charge in [-0.05, 0) is 19.8 Å². The zero-order valence-electron chi connectivity index (χ0n) is 10.3. The van der Waals surface area contributed by atoms with Crippen molar-refractivity contribution in [2.24, 2.45) is 5.92 Å². The summed E-state index contributed by atoms with van der Waals surface area (Å²) in [7, 11) is 0. The summed E-state index contributed by atoms with van der Waals surface area (Å²) in [6, 6.07) is 0. The maximum atomic E-state index is 11.3. The number of aromatic nitrogens is 2. The normalized spacial score (nSPS) is 14.9. The third-order valence-corrected chi connectivity index (χ3v) is 2.89. The molecule has 1 aliphatic carbocycles. The Morgan fingerprint density at radius 1 is 1.53 bits per heavy atom. The minimum absolute atomic E-state index is 0.214. The summed E-state index contributed by atoms with van der Waals surface area (Å²) >= 11 is 0. The predicted molar refractivity (Wildman–Crippen MR) is 65.3 cm³/mol. The minimum atomic E-state index is 0.214. The Hall–Kier alpha value is -1.36. The highest BCUT2D eigenvalue weighted by Crippen LogP contribution is 2.28. The van der Waals surface area contributed by atoms with Crippen LogP contribution in [0.25, 0.3) is 0 Å². The molecule has 1 saturated carbocycles. The van der Waals surface area contributed by atoms with Gasteiger partial charge in [-0.15, -0.1) is 0 Å². The highest BCUT2D eigenvalue weighted by molar-refractivity contribution is 5.80. The monoisotopic (exact) mass is 236 g/mol. The van der Waals surface area contributed by atoms with E-state index < -0.39 is 0 Å². The molecule has 0 spiro atoms. The fraction of sp³-hybridized carbons (Fsp3) is 0.667. The van der Waals surface area contributed by atoms with Crippen molar-refractivity contribution in [1.29, 1.82) is 0 Å². The van der Waals surface area contributed by atoms with Crippen LogP contribution in [0.3, 0.4) is 0 Å². The SMILES string of the molecule is CCn1cc(CNCCNC(=O)C2CC2)cn1. The standard InChI is InChI=1S/C12H20N4O/c1-2-16-9-10(8-15-16)7-13-5-6-14-12(17)11-3-4-11/h8-9,11,13H,2-7H2,1H3,(H,14,17). The minimum Gasteiger partial charge on any atom is -0.355 e. The second-order valence-electron chi connectivity index (χ2n) is 4.45. The number of carbonyl (C=O) groups excluding carboxylic acids is 1. The number of nitrogens with zero attached hydrogens (tertiary/aromatic N) is 2. The van der Waals surface area contributed by atoms with Crippen molar-refractivity contribution < 1.29 is 4.79 Å². The third-order valence-electron chi connectivity index (χ3n) is 2.89. The number of aryl methyl sites for hydroxylation is 1. The van der Waals surface area contributed by atoms with E-state index in [0.717, 1.165) is 32.5 Å². The molecule has 0 aromatic carbocycles. The largest absolute Gasteiger partial charge is 0.355 e. The van der Waals surface area contributed by atoms with Crippen molar-refractivity contribution in [3.8, 4) is 0 Å². The molecule has 5 heteroatoms. The highest BCUT2D eigenvalue weighted by Gasteiger charge is 2.28. The summed E-state index contributed by atoms with van der Waals surface area (Å²) in [6.45, 7) is 5.28. The van der Waals surface area contributed by atoms with E-state index in [-0.39, 0.29) is 5.91 Å². The molecule has 1 heterocycles. The number of rotatable bonds is 7. The molecule has 2 N–H and O–H groups in total. The molecule has 94 valence electrons. The van der Waals surface area contributed by atoms with Crippen LogP contribution in [0.1, 0.15) is 25.3 Å². The molecule has 0 saturated heterocycles. The molecule has 0 bridgehead atoms. The fourth-order valence-electron chi connectivity index (χ4n) is 1.67. The summed E-state index contributed by atoms with van der Waals surface area (Å²) in [5.74, 6) is 0.517. The van der Waals surface area contributed by atoms with E-state index >= 15 is 0 Å². The van der Waals surface area contributed by atoms with Gasteiger partial charge in [0.1, 0.15) is 0 Å². The Labute approximate surface area is 102 Å². The van der Waals surface area contributed by atoms with Crippen LogP contribution in [0.5, 0.6) is 0 Å². The Balaban J connectivity index is 1.54. The van der Waals surface area contributed by atoms with Crippen molar-refractivity contribution >= 4 is 5.91 Å². The van der Waals surface area contributed by atoms with Crippen LogP contribution in [0.2, 0.25) is 0 Å². The Bertz CT molecular complexity index is 370. The molecule has 0 atom stereocenters. The van der Waals surface area contributed by atoms with Gasteiger partial charge < -0.3 is 10.6 Å². The van der Waals surface area contributed by atoms with Gasteiger partial charge in [-0.1, -0.05) is 0 Å². The maximum Gasteiger partial charge on any atom is 0.223 e. The molecule has 17 heavy (non-hydrogen) atoms. The molecule has 1 aromatic heterocycles. The van der Waals surface area contributed by atoms with Crippen LogP contribution in [-0.4, -0.2) is 28.8 Å². The molecular formula is C12H20N4O. The van der Waals surface area contributed by atoms with Gasteiger partial charge >= 0.3 is 0 Å². The number of carbonyl (C=O) groups is 1. The molecule has 5 nitrogen and oxygen atoms in total. The van der Waals surface area contributed by atoms with Gasteiger partial charge in [0.05, 0.1) is 6.20 Å². The molecule has 1 fully saturated rings. The zero-order chi connectivity index (χ0) is 12.1. The van der Waals surface area contributed by atoms with Crippen molar-refractivity contribution in [2.45, 2.75) is 32.9 Å². The van der Waals surface area contributed by atoms with Crippen LogP contribution >= 0.6 is 0 Å². The Kier molecular flexibility index (Phi) is 4.14. The average molecular weight is 236 g/mol. The van der Waals surface area contributed by atoms with E-state index in [1.807, 2.05) is 17.1 Å². The second-order valence-corrected chi connectivity index (χ2v) is 4.45. The van der Waals surface area contributed by atoms with Crippen LogP contribution in [0.4, 0.5) is 0 Å². The first kappa shape index (κ1) is 12.1. The molecular weight excluding hydrogens is 216 g/mol. The van der Waals surface area contributed by atoms with Gasteiger partial charge in [-0.3, -0.25) is 9.48 Å². The molecule has 2 rings (SSSR count). The van der Waals surface area contributed by atoms with E-state index in [0.29, 0.717) is 12.5 Å². The highest BCUT2D eigenvalue weighted by atomic mass is 16.2. The smallest absolute Gasteiger partial charge is 0.223 e. The summed E-state index contributed by atoms with van der Waals surface area (Å²) < 4.78 is 1.91. The fourth-order valence-corrected chi connectivity index (χ4v) is 1.67. The molecule has 1 aliphatic rings. The van der Waals surface area contributed by atoms with E-state index in [1.54, 1.807) is 0 Å². The molecule has 0 radical (unpaired) electrons. The quantitative estimate of drug-likeness (QED) is 0.679. The maximum absolute atomic E-state index is 11.3. The van der Waals surface area contributed by atoms with Gasteiger partial charge in [0.15, 0.2) is 0 Å². The van der Waals surface area contributed by atoms with Crippen molar-refractivity contribution in [2.75, 3.05) is 13.1 Å². The van der Waals surface area contributed by atoms with Gasteiger partial charge in [0.25, 0.3) is 0 Å². The topological polar surface area (TPSA) is 59.0 Å². The Morgan fingerprint density at radius 3 is 3.00 bits per heavy atom. The lowest BCUT2D eigenvalue weighted by molar-refractivity contribution is -0.122. The summed E-state index contributed by atoms with van der Waals surface area (Å²) in [5.41, 5.74) is 1.18. The Morgan fingerprint density at radius 2 is 2.35 bits per heavy atom. The van der Waals surface area contributed by atoms with Gasteiger partial charge in [0.2, 0.25) is 5.91 Å². The molecule has 1 amide bonds. The number of hydrogen-bond donors (Lipinski definition) is 2. The first-order valence-electron chi connectivity index (χ1n) is 6.29. The number of hydrogen-bond acceptors (Lipinski definition) is 3.